The number of nitriles is 1. The zero-order valence-electron chi connectivity index (χ0n) is 13.2. The molecule has 0 bridgehead atoms. The van der Waals surface area contributed by atoms with Crippen LogP contribution in [0, 0.1) is 35.3 Å². The van der Waals surface area contributed by atoms with Crippen LogP contribution in [0.1, 0.15) is 16.7 Å². The van der Waals surface area contributed by atoms with Crippen molar-refractivity contribution in [3.8, 4) is 11.8 Å². The summed E-state index contributed by atoms with van der Waals surface area (Å²) in [6.45, 7) is 3.20. The van der Waals surface area contributed by atoms with Crippen LogP contribution in [0.5, 0.6) is 5.75 Å². The third-order valence-electron chi connectivity index (χ3n) is 3.45. The molecule has 7 nitrogen and oxygen atoms in total. The Morgan fingerprint density at radius 1 is 1.29 bits per heavy atom. The predicted molar refractivity (Wildman–Crippen MR) is 87.9 cm³/mol. The second-order valence-electron chi connectivity index (χ2n) is 5.16. The van der Waals surface area contributed by atoms with Gasteiger partial charge in [0, 0.05) is 6.07 Å². The molecule has 0 saturated heterocycles. The fraction of sp³-hybridized carbons (Fsp3) is 0.176. The van der Waals surface area contributed by atoms with E-state index in [0.29, 0.717) is 5.56 Å². The van der Waals surface area contributed by atoms with Gasteiger partial charge in [0.25, 0.3) is 11.6 Å². The van der Waals surface area contributed by atoms with Crippen molar-refractivity contribution in [3.63, 3.8) is 0 Å². The molecule has 0 aromatic heterocycles. The molecule has 0 aliphatic rings. The van der Waals surface area contributed by atoms with Crippen LogP contribution in [0.25, 0.3) is 0 Å². The van der Waals surface area contributed by atoms with Gasteiger partial charge in [-0.2, -0.15) is 5.26 Å². The van der Waals surface area contributed by atoms with Crippen molar-refractivity contribution in [2.24, 2.45) is 0 Å². The van der Waals surface area contributed by atoms with Gasteiger partial charge in [-0.1, -0.05) is 12.1 Å². The van der Waals surface area contributed by atoms with Crippen molar-refractivity contribution in [2.75, 3.05) is 11.9 Å². The molecule has 0 saturated carbocycles. The first-order valence-corrected chi connectivity index (χ1v) is 7.09. The summed E-state index contributed by atoms with van der Waals surface area (Å²) in [6.07, 6.45) is 0. The van der Waals surface area contributed by atoms with Crippen LogP contribution < -0.4 is 10.1 Å². The van der Waals surface area contributed by atoms with E-state index in [2.05, 4.69) is 5.32 Å². The molecule has 2 aromatic rings. The summed E-state index contributed by atoms with van der Waals surface area (Å²) < 4.78 is 5.31. The smallest absolute Gasteiger partial charge is 0.293 e. The van der Waals surface area contributed by atoms with Gasteiger partial charge in [-0.05, 0) is 43.2 Å². The largest absolute Gasteiger partial charge is 0.482 e. The Morgan fingerprint density at radius 2 is 1.96 bits per heavy atom. The van der Waals surface area contributed by atoms with Crippen LogP contribution in [-0.2, 0) is 4.79 Å². The Balaban J connectivity index is 2.12. The highest BCUT2D eigenvalue weighted by atomic mass is 16.6. The highest BCUT2D eigenvalue weighted by Crippen LogP contribution is 2.28. The lowest BCUT2D eigenvalue weighted by atomic mass is 10.1. The van der Waals surface area contributed by atoms with E-state index in [0.717, 1.165) is 11.1 Å². The van der Waals surface area contributed by atoms with Crippen molar-refractivity contribution in [1.29, 1.82) is 5.26 Å². The number of benzene rings is 2. The number of ether oxygens (including phenoxy) is 1. The van der Waals surface area contributed by atoms with Crippen molar-refractivity contribution in [2.45, 2.75) is 13.8 Å². The zero-order chi connectivity index (χ0) is 17.7. The summed E-state index contributed by atoms with van der Waals surface area (Å²) in [5, 5.41) is 22.6. The molecule has 0 atom stereocenters. The monoisotopic (exact) mass is 325 g/mol. The van der Waals surface area contributed by atoms with Gasteiger partial charge in [0.1, 0.15) is 17.5 Å². The number of amides is 1. The van der Waals surface area contributed by atoms with Gasteiger partial charge in [-0.3, -0.25) is 14.9 Å². The minimum absolute atomic E-state index is 0.116. The molecule has 0 aliphatic heterocycles. The first-order chi connectivity index (χ1) is 11.4. The summed E-state index contributed by atoms with van der Waals surface area (Å²) in [5.41, 5.74) is 1.84. The molecule has 0 radical (unpaired) electrons. The number of hydrogen-bond donors (Lipinski definition) is 1. The number of nitrogens with one attached hydrogen (secondary N) is 1. The quantitative estimate of drug-likeness (QED) is 0.671. The number of para-hydroxylation sites is 1. The van der Waals surface area contributed by atoms with Gasteiger partial charge >= 0.3 is 0 Å². The third-order valence-corrected chi connectivity index (χ3v) is 3.45. The first-order valence-electron chi connectivity index (χ1n) is 7.09. The number of aryl methyl sites for hydroxylation is 2. The molecular formula is C17H15N3O4. The van der Waals surface area contributed by atoms with Crippen LogP contribution in [0.15, 0.2) is 36.4 Å². The maximum atomic E-state index is 12.0. The standard InChI is InChI=1S/C17H15N3O4/c1-11-7-14(15(20(22)23)8-12(11)2)19-17(21)10-24-16-6-4-3-5-13(16)9-18/h3-8H,10H2,1-2H3,(H,19,21). The second kappa shape index (κ2) is 7.24. The number of nitrogens with zero attached hydrogens (tertiary/aromatic N) is 2. The summed E-state index contributed by atoms with van der Waals surface area (Å²) in [7, 11) is 0. The lowest BCUT2D eigenvalue weighted by Gasteiger charge is -2.10. The molecular weight excluding hydrogens is 310 g/mol. The van der Waals surface area contributed by atoms with Gasteiger partial charge in [0.15, 0.2) is 6.61 Å². The number of rotatable bonds is 5. The van der Waals surface area contributed by atoms with Gasteiger partial charge in [0.2, 0.25) is 0 Å². The van der Waals surface area contributed by atoms with Crippen LogP contribution >= 0.6 is 0 Å². The van der Waals surface area contributed by atoms with Crippen molar-refractivity contribution < 1.29 is 14.5 Å². The molecule has 2 aromatic carbocycles. The van der Waals surface area contributed by atoms with Gasteiger partial charge in [-0.25, -0.2) is 0 Å². The van der Waals surface area contributed by atoms with E-state index in [-0.39, 0.29) is 23.7 Å². The Morgan fingerprint density at radius 3 is 2.62 bits per heavy atom. The van der Waals surface area contributed by atoms with E-state index in [9.17, 15) is 14.9 Å². The number of nitro benzene ring substituents is 1. The summed E-state index contributed by atoms with van der Waals surface area (Å²) in [4.78, 5) is 22.6. The van der Waals surface area contributed by atoms with E-state index in [1.54, 1.807) is 44.2 Å². The summed E-state index contributed by atoms with van der Waals surface area (Å²) >= 11 is 0. The highest BCUT2D eigenvalue weighted by molar-refractivity contribution is 5.94. The van der Waals surface area contributed by atoms with Crippen molar-refractivity contribution >= 4 is 17.3 Å². The fourth-order valence-electron chi connectivity index (χ4n) is 2.07. The van der Waals surface area contributed by atoms with E-state index >= 15 is 0 Å². The van der Waals surface area contributed by atoms with Crippen molar-refractivity contribution in [1.82, 2.24) is 0 Å². The molecule has 0 aliphatic carbocycles. The van der Waals surface area contributed by atoms with Gasteiger partial charge < -0.3 is 10.1 Å². The van der Waals surface area contributed by atoms with E-state index < -0.39 is 10.8 Å². The average Bonchev–Trinajstić information content (AvgIpc) is 2.56. The van der Waals surface area contributed by atoms with Gasteiger partial charge in [0.05, 0.1) is 10.5 Å². The van der Waals surface area contributed by atoms with Gasteiger partial charge in [-0.15, -0.1) is 0 Å². The number of hydrogen-bond acceptors (Lipinski definition) is 5. The van der Waals surface area contributed by atoms with Crippen LogP contribution in [0.2, 0.25) is 0 Å². The molecule has 1 N–H and O–H groups in total. The Labute approximate surface area is 138 Å². The predicted octanol–water partition coefficient (Wildman–Crippen LogP) is 3.10. The molecule has 24 heavy (non-hydrogen) atoms. The number of nitro groups is 1. The fourth-order valence-corrected chi connectivity index (χ4v) is 2.07. The minimum atomic E-state index is -0.548. The van der Waals surface area contributed by atoms with E-state index in [4.69, 9.17) is 10.00 Å². The Bertz CT molecular complexity index is 840. The number of carbonyl (C=O) groups excluding carboxylic acids is 1. The molecule has 0 fully saturated rings. The molecule has 122 valence electrons. The van der Waals surface area contributed by atoms with Crippen LogP contribution in [-0.4, -0.2) is 17.4 Å². The molecule has 0 heterocycles. The first kappa shape index (κ1) is 17.0. The Hall–Kier alpha value is -3.40. The minimum Gasteiger partial charge on any atom is -0.482 e. The summed E-state index contributed by atoms with van der Waals surface area (Å²) in [5.74, 6) is -0.265. The zero-order valence-corrected chi connectivity index (χ0v) is 13.2. The maximum absolute atomic E-state index is 12.0. The molecule has 0 unspecified atom stereocenters. The Kier molecular flexibility index (Phi) is 5.12. The van der Waals surface area contributed by atoms with Crippen molar-refractivity contribution in [3.05, 3.63) is 63.2 Å². The SMILES string of the molecule is Cc1cc(NC(=O)COc2ccccc2C#N)c([N+](=O)[O-])cc1C. The lowest BCUT2D eigenvalue weighted by Crippen LogP contribution is -2.21. The second-order valence-corrected chi connectivity index (χ2v) is 5.16. The molecule has 1 amide bonds. The lowest BCUT2D eigenvalue weighted by molar-refractivity contribution is -0.384. The molecule has 7 heteroatoms. The normalized spacial score (nSPS) is 9.88. The van der Waals surface area contributed by atoms with E-state index in [1.807, 2.05) is 6.07 Å². The highest BCUT2D eigenvalue weighted by Gasteiger charge is 2.18. The molecule has 0 spiro atoms. The number of anilines is 1. The van der Waals surface area contributed by atoms with E-state index in [1.165, 1.54) is 6.07 Å². The van der Waals surface area contributed by atoms with Crippen LogP contribution in [0.4, 0.5) is 11.4 Å². The van der Waals surface area contributed by atoms with Crippen LogP contribution in [0.3, 0.4) is 0 Å². The number of carbonyl (C=O) groups is 1. The summed E-state index contributed by atoms with van der Waals surface area (Å²) in [6, 6.07) is 11.4. The third kappa shape index (κ3) is 3.87. The topological polar surface area (TPSA) is 105 Å². The average molecular weight is 325 g/mol. The maximum Gasteiger partial charge on any atom is 0.293 e. The molecule has 2 rings (SSSR count).